The predicted molar refractivity (Wildman–Crippen MR) is 51.3 cm³/mol. The maximum Gasteiger partial charge on any atom is 0.344 e. The van der Waals surface area contributed by atoms with Gasteiger partial charge in [-0.2, -0.15) is 0 Å². The second kappa shape index (κ2) is 3.70. The molecule has 1 aromatic carbocycles. The summed E-state index contributed by atoms with van der Waals surface area (Å²) in [5.74, 6) is 0.679. The smallest absolute Gasteiger partial charge is 0.344 e. The summed E-state index contributed by atoms with van der Waals surface area (Å²) in [6.45, 7) is 2.45. The lowest BCUT2D eigenvalue weighted by Gasteiger charge is -2.19. The summed E-state index contributed by atoms with van der Waals surface area (Å²) in [5, 5.41) is 0. The van der Waals surface area contributed by atoms with Crippen LogP contribution in [0.1, 0.15) is 18.4 Å². The summed E-state index contributed by atoms with van der Waals surface area (Å²) >= 11 is 0. The summed E-state index contributed by atoms with van der Waals surface area (Å²) in [6, 6.07) is 7.74. The molecule has 0 amide bonds. The first-order valence-corrected chi connectivity index (χ1v) is 4.64. The van der Waals surface area contributed by atoms with E-state index in [1.807, 2.05) is 31.2 Å². The molecule has 0 spiro atoms. The van der Waals surface area contributed by atoms with E-state index in [2.05, 4.69) is 0 Å². The van der Waals surface area contributed by atoms with Crippen molar-refractivity contribution in [1.82, 2.24) is 0 Å². The van der Waals surface area contributed by atoms with E-state index in [0.29, 0.717) is 6.61 Å². The van der Waals surface area contributed by atoms with Gasteiger partial charge in [0.1, 0.15) is 5.75 Å². The van der Waals surface area contributed by atoms with Crippen molar-refractivity contribution in [3.8, 4) is 5.75 Å². The minimum absolute atomic E-state index is 0.00370. The molecule has 1 atom stereocenters. The Labute approximate surface area is 82.6 Å². The first kappa shape index (κ1) is 9.06. The number of hydrogen-bond acceptors (Lipinski definition) is 3. The number of rotatable bonds is 0. The molecular weight excluding hydrogens is 180 g/mol. The second-order valence-electron chi connectivity index (χ2n) is 3.41. The Bertz CT molecular complexity index is 346. The third-order valence-electron chi connectivity index (χ3n) is 2.29. The molecule has 1 aliphatic heterocycles. The molecule has 0 radical (unpaired) electrons. The standard InChI is InChI=1S/C11H12O3/c1-8-6-14-11(12)7-13-10-5-3-2-4-9(8)10/h2-5,8H,6-7H2,1H3. The van der Waals surface area contributed by atoms with Gasteiger partial charge >= 0.3 is 5.97 Å². The number of para-hydroxylation sites is 1. The number of cyclic esters (lactones) is 1. The fourth-order valence-electron chi connectivity index (χ4n) is 1.51. The fourth-order valence-corrected chi connectivity index (χ4v) is 1.51. The van der Waals surface area contributed by atoms with Gasteiger partial charge in [-0.1, -0.05) is 25.1 Å². The highest BCUT2D eigenvalue weighted by molar-refractivity contribution is 5.71. The Morgan fingerprint density at radius 3 is 2.93 bits per heavy atom. The summed E-state index contributed by atoms with van der Waals surface area (Å²) < 4.78 is 10.3. The Morgan fingerprint density at radius 2 is 2.07 bits per heavy atom. The molecule has 0 saturated carbocycles. The van der Waals surface area contributed by atoms with Crippen LogP contribution in [0.15, 0.2) is 24.3 Å². The summed E-state index contributed by atoms with van der Waals surface area (Å²) in [5.41, 5.74) is 1.10. The normalized spacial score (nSPS) is 21.2. The lowest BCUT2D eigenvalue weighted by atomic mass is 10.0. The first-order chi connectivity index (χ1) is 6.77. The minimum Gasteiger partial charge on any atom is -0.482 e. The SMILES string of the molecule is CC1COC(=O)COc2ccccc21. The van der Waals surface area contributed by atoms with E-state index >= 15 is 0 Å². The predicted octanol–water partition coefficient (Wildman–Crippen LogP) is 1.73. The molecule has 1 aromatic rings. The fraction of sp³-hybridized carbons (Fsp3) is 0.364. The quantitative estimate of drug-likeness (QED) is 0.587. The van der Waals surface area contributed by atoms with E-state index in [4.69, 9.17) is 9.47 Å². The van der Waals surface area contributed by atoms with Crippen LogP contribution in [-0.2, 0) is 9.53 Å². The van der Waals surface area contributed by atoms with Gasteiger partial charge in [0.15, 0.2) is 6.61 Å². The number of esters is 1. The van der Waals surface area contributed by atoms with Crippen LogP contribution in [0, 0.1) is 0 Å². The number of benzene rings is 1. The van der Waals surface area contributed by atoms with Gasteiger partial charge in [0.2, 0.25) is 0 Å². The van der Waals surface area contributed by atoms with E-state index < -0.39 is 0 Å². The van der Waals surface area contributed by atoms with Crippen LogP contribution in [0.4, 0.5) is 0 Å². The van der Waals surface area contributed by atoms with E-state index in [9.17, 15) is 4.79 Å². The van der Waals surface area contributed by atoms with Crippen molar-refractivity contribution in [2.24, 2.45) is 0 Å². The van der Waals surface area contributed by atoms with Crippen molar-refractivity contribution in [2.75, 3.05) is 13.2 Å². The molecule has 1 unspecified atom stereocenters. The Balaban J connectivity index is 2.33. The lowest BCUT2D eigenvalue weighted by Crippen LogP contribution is -2.21. The van der Waals surface area contributed by atoms with E-state index in [1.54, 1.807) is 0 Å². The molecular formula is C11H12O3. The van der Waals surface area contributed by atoms with Crippen LogP contribution in [0.3, 0.4) is 0 Å². The van der Waals surface area contributed by atoms with E-state index in [-0.39, 0.29) is 18.5 Å². The highest BCUT2D eigenvalue weighted by atomic mass is 16.6. The third-order valence-corrected chi connectivity index (χ3v) is 2.29. The second-order valence-corrected chi connectivity index (χ2v) is 3.41. The molecule has 0 N–H and O–H groups in total. The van der Waals surface area contributed by atoms with Gasteiger partial charge in [-0.3, -0.25) is 0 Å². The zero-order chi connectivity index (χ0) is 9.97. The molecule has 74 valence electrons. The molecule has 3 heteroatoms. The summed E-state index contributed by atoms with van der Waals surface area (Å²) in [7, 11) is 0. The van der Waals surface area contributed by atoms with Crippen molar-refractivity contribution in [2.45, 2.75) is 12.8 Å². The third kappa shape index (κ3) is 1.71. The van der Waals surface area contributed by atoms with Crippen molar-refractivity contribution < 1.29 is 14.3 Å². The maximum atomic E-state index is 11.0. The largest absolute Gasteiger partial charge is 0.482 e. The topological polar surface area (TPSA) is 35.5 Å². The van der Waals surface area contributed by atoms with Crippen molar-refractivity contribution >= 4 is 5.97 Å². The molecule has 0 aliphatic carbocycles. The maximum absolute atomic E-state index is 11.0. The van der Waals surface area contributed by atoms with Gasteiger partial charge in [0.05, 0.1) is 6.61 Å². The van der Waals surface area contributed by atoms with Crippen molar-refractivity contribution in [3.63, 3.8) is 0 Å². The van der Waals surface area contributed by atoms with Gasteiger partial charge in [-0.05, 0) is 6.07 Å². The van der Waals surface area contributed by atoms with Crippen LogP contribution in [0.2, 0.25) is 0 Å². The number of hydrogen-bond donors (Lipinski definition) is 0. The van der Waals surface area contributed by atoms with Gasteiger partial charge in [0, 0.05) is 11.5 Å². The number of carbonyl (C=O) groups excluding carboxylic acids is 1. The molecule has 0 bridgehead atoms. The highest BCUT2D eigenvalue weighted by Crippen LogP contribution is 2.27. The van der Waals surface area contributed by atoms with Crippen LogP contribution < -0.4 is 4.74 Å². The van der Waals surface area contributed by atoms with Crippen LogP contribution in [0.25, 0.3) is 0 Å². The number of carbonyl (C=O) groups is 1. The van der Waals surface area contributed by atoms with Crippen LogP contribution >= 0.6 is 0 Å². The van der Waals surface area contributed by atoms with Crippen molar-refractivity contribution in [1.29, 1.82) is 0 Å². The van der Waals surface area contributed by atoms with Crippen LogP contribution in [0.5, 0.6) is 5.75 Å². The summed E-state index contributed by atoms with van der Waals surface area (Å²) in [6.07, 6.45) is 0. The monoisotopic (exact) mass is 192 g/mol. The zero-order valence-corrected chi connectivity index (χ0v) is 8.03. The molecule has 0 fully saturated rings. The average Bonchev–Trinajstić information content (AvgIpc) is 2.21. The van der Waals surface area contributed by atoms with Crippen molar-refractivity contribution in [3.05, 3.63) is 29.8 Å². The minimum atomic E-state index is -0.300. The van der Waals surface area contributed by atoms with Gasteiger partial charge in [0.25, 0.3) is 0 Å². The highest BCUT2D eigenvalue weighted by Gasteiger charge is 2.17. The molecule has 14 heavy (non-hydrogen) atoms. The van der Waals surface area contributed by atoms with Crippen LogP contribution in [-0.4, -0.2) is 19.2 Å². The zero-order valence-electron chi connectivity index (χ0n) is 8.03. The Hall–Kier alpha value is -1.51. The average molecular weight is 192 g/mol. The van der Waals surface area contributed by atoms with Gasteiger partial charge in [-0.25, -0.2) is 4.79 Å². The molecule has 2 rings (SSSR count). The Morgan fingerprint density at radius 1 is 1.29 bits per heavy atom. The Kier molecular flexibility index (Phi) is 2.39. The molecule has 1 heterocycles. The van der Waals surface area contributed by atoms with E-state index in [1.165, 1.54) is 0 Å². The van der Waals surface area contributed by atoms with Gasteiger partial charge in [-0.15, -0.1) is 0 Å². The van der Waals surface area contributed by atoms with Gasteiger partial charge < -0.3 is 9.47 Å². The molecule has 3 nitrogen and oxygen atoms in total. The first-order valence-electron chi connectivity index (χ1n) is 4.64. The molecule has 0 aromatic heterocycles. The molecule has 0 saturated heterocycles. The molecule has 1 aliphatic rings. The number of ether oxygens (including phenoxy) is 2. The lowest BCUT2D eigenvalue weighted by molar-refractivity contribution is -0.147. The number of fused-ring (bicyclic) bond motifs is 1. The summed E-state index contributed by atoms with van der Waals surface area (Å²) in [4.78, 5) is 11.0. The van der Waals surface area contributed by atoms with E-state index in [0.717, 1.165) is 11.3 Å².